The lowest BCUT2D eigenvalue weighted by molar-refractivity contribution is -0.123. The number of benzene rings is 2. The Hall–Kier alpha value is -3.87. The van der Waals surface area contributed by atoms with Crippen LogP contribution < -0.4 is 16.0 Å². The zero-order valence-electron chi connectivity index (χ0n) is 18.5. The van der Waals surface area contributed by atoms with E-state index in [0.717, 1.165) is 33.8 Å². The zero-order valence-corrected chi connectivity index (χ0v) is 18.5. The average molecular weight is 417 g/mol. The molecule has 160 valence electrons. The third kappa shape index (κ3) is 5.82. The van der Waals surface area contributed by atoms with Gasteiger partial charge in [0.25, 0.3) is 0 Å². The van der Waals surface area contributed by atoms with Crippen LogP contribution in [0.15, 0.2) is 54.7 Å². The maximum atomic E-state index is 11.8. The fraction of sp³-hybridized carbons (Fsp3) is 0.208. The molecule has 0 fully saturated rings. The summed E-state index contributed by atoms with van der Waals surface area (Å²) in [6, 6.07) is 13.8. The van der Waals surface area contributed by atoms with Gasteiger partial charge in [-0.15, -0.1) is 0 Å². The van der Waals surface area contributed by atoms with Crippen LogP contribution in [0.2, 0.25) is 0 Å². The molecule has 3 aromatic rings. The Kier molecular flexibility index (Phi) is 6.87. The Morgan fingerprint density at radius 1 is 0.968 bits per heavy atom. The number of anilines is 5. The first-order valence-corrected chi connectivity index (χ1v) is 10.0. The molecule has 2 aromatic carbocycles. The lowest BCUT2D eigenvalue weighted by atomic mass is 10.0. The highest BCUT2D eigenvalue weighted by Crippen LogP contribution is 2.26. The number of nitrogens with one attached hydrogen (secondary N) is 3. The number of hydrogen-bond donors (Lipinski definition) is 3. The summed E-state index contributed by atoms with van der Waals surface area (Å²) in [6.07, 6.45) is 5.12. The first kappa shape index (κ1) is 21.8. The van der Waals surface area contributed by atoms with Crippen LogP contribution in [0.1, 0.15) is 16.7 Å². The molecule has 0 aliphatic rings. The van der Waals surface area contributed by atoms with Gasteiger partial charge in [-0.2, -0.15) is 4.98 Å². The smallest absolute Gasteiger partial charge is 0.246 e. The molecule has 0 saturated heterocycles. The van der Waals surface area contributed by atoms with Crippen molar-refractivity contribution in [1.82, 2.24) is 14.9 Å². The Morgan fingerprint density at radius 2 is 1.61 bits per heavy atom. The van der Waals surface area contributed by atoms with Crippen LogP contribution in [0, 0.1) is 13.8 Å². The summed E-state index contributed by atoms with van der Waals surface area (Å²) in [4.78, 5) is 22.2. The van der Waals surface area contributed by atoms with E-state index < -0.39 is 0 Å². The Morgan fingerprint density at radius 3 is 2.23 bits per heavy atom. The fourth-order valence-electron chi connectivity index (χ4n) is 3.07. The molecule has 0 saturated carbocycles. The highest BCUT2D eigenvalue weighted by molar-refractivity contribution is 5.91. The normalized spacial score (nSPS) is 10.7. The molecular formula is C24H28N6O. The minimum absolute atomic E-state index is 0.0425. The number of carbonyl (C=O) groups excluding carboxylic acids is 1. The number of likely N-dealkylation sites (N-methyl/N-ethyl adjacent to an activating group) is 1. The van der Waals surface area contributed by atoms with Gasteiger partial charge in [-0.05, 0) is 79.1 Å². The molecule has 1 heterocycles. The molecule has 3 rings (SSSR count). The molecular weight excluding hydrogens is 388 g/mol. The molecule has 0 bridgehead atoms. The van der Waals surface area contributed by atoms with E-state index >= 15 is 0 Å². The number of aromatic nitrogens is 2. The van der Waals surface area contributed by atoms with Gasteiger partial charge in [0.15, 0.2) is 0 Å². The highest BCUT2D eigenvalue weighted by Gasteiger charge is 2.08. The molecule has 1 aromatic heterocycles. The van der Waals surface area contributed by atoms with Crippen LogP contribution in [0.5, 0.6) is 0 Å². The third-order valence-corrected chi connectivity index (χ3v) is 4.75. The van der Waals surface area contributed by atoms with Gasteiger partial charge < -0.3 is 20.9 Å². The van der Waals surface area contributed by atoms with Gasteiger partial charge in [-0.25, -0.2) is 4.98 Å². The summed E-state index contributed by atoms with van der Waals surface area (Å²) in [7, 11) is 5.35. The predicted molar refractivity (Wildman–Crippen MR) is 128 cm³/mol. The lowest BCUT2D eigenvalue weighted by Gasteiger charge is -2.14. The predicted octanol–water partition coefficient (Wildman–Crippen LogP) is 4.72. The van der Waals surface area contributed by atoms with Crippen LogP contribution in [-0.4, -0.2) is 41.9 Å². The van der Waals surface area contributed by atoms with Crippen molar-refractivity contribution < 1.29 is 4.79 Å². The summed E-state index contributed by atoms with van der Waals surface area (Å²) in [5.74, 6) is 1.17. The van der Waals surface area contributed by atoms with E-state index in [2.05, 4.69) is 25.9 Å². The molecule has 31 heavy (non-hydrogen) atoms. The van der Waals surface area contributed by atoms with Crippen molar-refractivity contribution in [3.63, 3.8) is 0 Å². The second-order valence-corrected chi connectivity index (χ2v) is 7.44. The summed E-state index contributed by atoms with van der Waals surface area (Å²) in [5.41, 5.74) is 6.04. The molecule has 0 aliphatic heterocycles. The van der Waals surface area contributed by atoms with Gasteiger partial charge >= 0.3 is 0 Å². The van der Waals surface area contributed by atoms with E-state index in [0.29, 0.717) is 11.8 Å². The van der Waals surface area contributed by atoms with E-state index in [9.17, 15) is 4.79 Å². The SMILES string of the molecule is CNc1ccc(Nc2nccc(Nc3c(C)cc(/C=C/C(=O)N(C)C)cc3C)n2)cc1. The van der Waals surface area contributed by atoms with Crippen molar-refractivity contribution >= 4 is 40.8 Å². The van der Waals surface area contributed by atoms with Gasteiger partial charge in [0, 0.05) is 50.5 Å². The largest absolute Gasteiger partial charge is 0.388 e. The minimum atomic E-state index is -0.0425. The van der Waals surface area contributed by atoms with Gasteiger partial charge in [-0.1, -0.05) is 0 Å². The van der Waals surface area contributed by atoms with Crippen LogP contribution in [0.3, 0.4) is 0 Å². The monoisotopic (exact) mass is 416 g/mol. The molecule has 7 heteroatoms. The van der Waals surface area contributed by atoms with Crippen molar-refractivity contribution in [1.29, 1.82) is 0 Å². The third-order valence-electron chi connectivity index (χ3n) is 4.75. The standard InChI is InChI=1S/C24H28N6O/c1-16-14-18(6-11-22(31)30(4)5)15-17(2)23(16)28-21-12-13-26-24(29-21)27-20-9-7-19(25-3)8-10-20/h6-15,25H,1-5H3,(H2,26,27,28,29)/b11-6+. The van der Waals surface area contributed by atoms with Gasteiger partial charge in [0.1, 0.15) is 5.82 Å². The number of nitrogens with zero attached hydrogens (tertiary/aromatic N) is 3. The maximum absolute atomic E-state index is 11.8. The lowest BCUT2D eigenvalue weighted by Crippen LogP contribution is -2.18. The van der Waals surface area contributed by atoms with Gasteiger partial charge in [0.05, 0.1) is 0 Å². The van der Waals surface area contributed by atoms with Crippen molar-refractivity contribution in [3.05, 3.63) is 71.4 Å². The molecule has 0 aliphatic carbocycles. The second-order valence-electron chi connectivity index (χ2n) is 7.44. The van der Waals surface area contributed by atoms with Gasteiger partial charge in [0.2, 0.25) is 11.9 Å². The van der Waals surface area contributed by atoms with E-state index in [1.807, 2.05) is 69.4 Å². The molecule has 0 radical (unpaired) electrons. The highest BCUT2D eigenvalue weighted by atomic mass is 16.2. The van der Waals surface area contributed by atoms with Crippen LogP contribution in [0.4, 0.5) is 28.8 Å². The molecule has 1 amide bonds. The molecule has 7 nitrogen and oxygen atoms in total. The Bertz CT molecular complexity index is 1070. The van der Waals surface area contributed by atoms with E-state index in [1.54, 1.807) is 31.3 Å². The first-order chi connectivity index (χ1) is 14.9. The van der Waals surface area contributed by atoms with Gasteiger partial charge in [-0.3, -0.25) is 4.79 Å². The number of aryl methyl sites for hydroxylation is 2. The van der Waals surface area contributed by atoms with Crippen molar-refractivity contribution in [3.8, 4) is 0 Å². The van der Waals surface area contributed by atoms with Crippen molar-refractivity contribution in [2.75, 3.05) is 37.1 Å². The summed E-state index contributed by atoms with van der Waals surface area (Å²) >= 11 is 0. The maximum Gasteiger partial charge on any atom is 0.246 e. The molecule has 3 N–H and O–H groups in total. The Labute approximate surface area is 183 Å². The van der Waals surface area contributed by atoms with Crippen LogP contribution in [0.25, 0.3) is 6.08 Å². The molecule has 0 unspecified atom stereocenters. The number of rotatable bonds is 7. The molecule has 0 spiro atoms. The number of hydrogen-bond acceptors (Lipinski definition) is 6. The topological polar surface area (TPSA) is 82.2 Å². The summed E-state index contributed by atoms with van der Waals surface area (Å²) in [5, 5.41) is 9.71. The quantitative estimate of drug-likeness (QED) is 0.483. The number of carbonyl (C=O) groups is 1. The first-order valence-electron chi connectivity index (χ1n) is 10.0. The minimum Gasteiger partial charge on any atom is -0.388 e. The van der Waals surface area contributed by atoms with Crippen LogP contribution >= 0.6 is 0 Å². The number of amides is 1. The fourth-order valence-corrected chi connectivity index (χ4v) is 3.07. The van der Waals surface area contributed by atoms with Crippen molar-refractivity contribution in [2.45, 2.75) is 13.8 Å². The summed E-state index contributed by atoms with van der Waals surface area (Å²) in [6.45, 7) is 4.06. The average Bonchev–Trinajstić information content (AvgIpc) is 2.75. The van der Waals surface area contributed by atoms with E-state index in [-0.39, 0.29) is 5.91 Å². The van der Waals surface area contributed by atoms with E-state index in [4.69, 9.17) is 0 Å². The second kappa shape index (κ2) is 9.75. The van der Waals surface area contributed by atoms with E-state index in [1.165, 1.54) is 0 Å². The summed E-state index contributed by atoms with van der Waals surface area (Å²) < 4.78 is 0. The van der Waals surface area contributed by atoms with Crippen molar-refractivity contribution in [2.24, 2.45) is 0 Å². The van der Waals surface area contributed by atoms with Crippen LogP contribution in [-0.2, 0) is 4.79 Å². The Balaban J connectivity index is 1.76. The molecule has 0 atom stereocenters. The zero-order chi connectivity index (χ0) is 22.4.